The Balaban J connectivity index is 1.40. The number of hydrogen-bond donors (Lipinski definition) is 1. The molecule has 0 radical (unpaired) electrons. The molecular formula is C21H25N5O3. The van der Waals surface area contributed by atoms with Gasteiger partial charge in [-0.05, 0) is 31.0 Å². The van der Waals surface area contributed by atoms with Crippen LogP contribution in [0.4, 0.5) is 0 Å². The molecule has 1 aliphatic heterocycles. The number of benzene rings is 1. The average molecular weight is 395 g/mol. The summed E-state index contributed by atoms with van der Waals surface area (Å²) in [6.45, 7) is 2.58. The number of fused-ring (bicyclic) bond motifs is 1. The number of ether oxygens (including phenoxy) is 1. The average Bonchev–Trinajstić information content (AvgIpc) is 3.10. The molecule has 0 spiro atoms. The van der Waals surface area contributed by atoms with Crippen LogP contribution in [-0.2, 0) is 24.9 Å². The zero-order valence-corrected chi connectivity index (χ0v) is 16.5. The smallest absolute Gasteiger partial charge is 0.253 e. The fourth-order valence-electron chi connectivity index (χ4n) is 3.83. The van der Waals surface area contributed by atoms with Gasteiger partial charge in [-0.25, -0.2) is 4.98 Å². The maximum Gasteiger partial charge on any atom is 0.253 e. The number of carbonyl (C=O) groups excluding carboxylic acids is 1. The van der Waals surface area contributed by atoms with Gasteiger partial charge in [0.15, 0.2) is 0 Å². The number of primary amides is 1. The maximum absolute atomic E-state index is 11.8. The molecule has 0 atom stereocenters. The van der Waals surface area contributed by atoms with Crippen LogP contribution in [0.1, 0.15) is 18.7 Å². The molecule has 2 aromatic heterocycles. The maximum atomic E-state index is 11.8. The minimum Gasteiger partial charge on any atom is -0.490 e. The molecule has 1 fully saturated rings. The zero-order valence-electron chi connectivity index (χ0n) is 16.5. The van der Waals surface area contributed by atoms with E-state index in [1.54, 1.807) is 17.8 Å². The van der Waals surface area contributed by atoms with Crippen molar-refractivity contribution in [2.45, 2.75) is 32.0 Å². The van der Waals surface area contributed by atoms with Crippen molar-refractivity contribution in [3.05, 3.63) is 58.9 Å². The van der Waals surface area contributed by atoms with Gasteiger partial charge in [0.1, 0.15) is 24.2 Å². The third-order valence-corrected chi connectivity index (χ3v) is 5.45. The van der Waals surface area contributed by atoms with E-state index >= 15 is 0 Å². The van der Waals surface area contributed by atoms with E-state index in [2.05, 4.69) is 9.88 Å². The molecular weight excluding hydrogens is 370 g/mol. The van der Waals surface area contributed by atoms with Crippen molar-refractivity contribution in [1.29, 1.82) is 0 Å². The lowest BCUT2D eigenvalue weighted by atomic mass is 10.1. The summed E-state index contributed by atoms with van der Waals surface area (Å²) in [5.41, 5.74) is 6.23. The SMILES string of the molecule is Cn1c(CN2CCC(Oc3cccc4c3ccn4CC(N)=O)CC2)nccc1=O. The number of likely N-dealkylation sites (tertiary alicyclic amines) is 1. The minimum absolute atomic E-state index is 0.0374. The van der Waals surface area contributed by atoms with Crippen molar-refractivity contribution < 1.29 is 9.53 Å². The normalized spacial score (nSPS) is 15.6. The van der Waals surface area contributed by atoms with Crippen molar-refractivity contribution in [3.8, 4) is 5.75 Å². The van der Waals surface area contributed by atoms with Crippen molar-refractivity contribution in [3.63, 3.8) is 0 Å². The van der Waals surface area contributed by atoms with Gasteiger partial charge in [0.05, 0.1) is 12.1 Å². The molecule has 1 amide bonds. The number of aromatic nitrogens is 3. The summed E-state index contributed by atoms with van der Waals surface area (Å²) in [6, 6.07) is 9.30. The molecule has 8 heteroatoms. The second kappa shape index (κ2) is 8.08. The summed E-state index contributed by atoms with van der Waals surface area (Å²) < 4.78 is 9.74. The number of piperidine rings is 1. The number of nitrogens with two attached hydrogens (primary N) is 1. The van der Waals surface area contributed by atoms with Crippen molar-refractivity contribution in [1.82, 2.24) is 19.0 Å². The van der Waals surface area contributed by atoms with Crippen LogP contribution in [0.3, 0.4) is 0 Å². The molecule has 8 nitrogen and oxygen atoms in total. The highest BCUT2D eigenvalue weighted by atomic mass is 16.5. The molecule has 29 heavy (non-hydrogen) atoms. The topological polar surface area (TPSA) is 95.4 Å². The highest BCUT2D eigenvalue weighted by Gasteiger charge is 2.22. The summed E-state index contributed by atoms with van der Waals surface area (Å²) in [5.74, 6) is 1.24. The predicted octanol–water partition coefficient (Wildman–Crippen LogP) is 1.26. The van der Waals surface area contributed by atoms with Crippen LogP contribution in [0.25, 0.3) is 10.9 Å². The van der Waals surface area contributed by atoms with E-state index in [1.165, 1.54) is 6.07 Å². The number of hydrogen-bond acceptors (Lipinski definition) is 5. The van der Waals surface area contributed by atoms with Gasteiger partial charge < -0.3 is 15.0 Å². The van der Waals surface area contributed by atoms with E-state index in [4.69, 9.17) is 10.5 Å². The highest BCUT2D eigenvalue weighted by molar-refractivity contribution is 5.87. The van der Waals surface area contributed by atoms with Crippen LogP contribution in [0.15, 0.2) is 47.5 Å². The molecule has 1 aromatic carbocycles. The molecule has 3 aromatic rings. The Kier molecular flexibility index (Phi) is 5.35. The Labute approximate surface area is 168 Å². The molecule has 2 N–H and O–H groups in total. The van der Waals surface area contributed by atoms with Crippen molar-refractivity contribution in [2.24, 2.45) is 12.8 Å². The molecule has 1 aliphatic rings. The summed E-state index contributed by atoms with van der Waals surface area (Å²) in [7, 11) is 1.76. The van der Waals surface area contributed by atoms with E-state index in [1.807, 2.05) is 35.0 Å². The minimum atomic E-state index is -0.369. The number of nitrogens with zero attached hydrogens (tertiary/aromatic N) is 4. The van der Waals surface area contributed by atoms with E-state index in [0.717, 1.165) is 48.4 Å². The molecule has 3 heterocycles. The summed E-state index contributed by atoms with van der Waals surface area (Å²) in [4.78, 5) is 29.6. The van der Waals surface area contributed by atoms with E-state index in [-0.39, 0.29) is 24.1 Å². The predicted molar refractivity (Wildman–Crippen MR) is 110 cm³/mol. The number of rotatable bonds is 6. The Bertz CT molecular complexity index is 1080. The molecule has 0 bridgehead atoms. The van der Waals surface area contributed by atoms with Gasteiger partial charge in [0.25, 0.3) is 5.56 Å². The summed E-state index contributed by atoms with van der Waals surface area (Å²) in [5, 5.41) is 0.986. The lowest BCUT2D eigenvalue weighted by molar-refractivity contribution is -0.118. The first-order valence-electron chi connectivity index (χ1n) is 9.77. The Morgan fingerprint density at radius 3 is 2.79 bits per heavy atom. The Morgan fingerprint density at radius 2 is 2.03 bits per heavy atom. The molecule has 4 rings (SSSR count). The number of carbonyl (C=O) groups is 1. The van der Waals surface area contributed by atoms with Crippen LogP contribution in [-0.4, -0.2) is 44.1 Å². The summed E-state index contributed by atoms with van der Waals surface area (Å²) in [6.07, 6.45) is 5.36. The molecule has 0 unspecified atom stereocenters. The Morgan fingerprint density at radius 1 is 1.24 bits per heavy atom. The first-order chi connectivity index (χ1) is 14.0. The largest absolute Gasteiger partial charge is 0.490 e. The van der Waals surface area contributed by atoms with Gasteiger partial charge in [-0.3, -0.25) is 19.1 Å². The standard InChI is InChI=1S/C21H25N5O3/c1-24-20(23-9-5-21(24)28)14-25-10-6-15(7-11-25)29-18-4-2-3-17-16(18)8-12-26(17)13-19(22)27/h2-5,8-9,12,15H,6-7,10-11,13-14H2,1H3,(H2,22,27). The van der Waals surface area contributed by atoms with Crippen LogP contribution in [0.5, 0.6) is 5.75 Å². The van der Waals surface area contributed by atoms with Gasteiger partial charge in [-0.1, -0.05) is 6.07 Å². The van der Waals surface area contributed by atoms with Gasteiger partial charge >= 0.3 is 0 Å². The first kappa shape index (κ1) is 19.2. The van der Waals surface area contributed by atoms with Crippen LogP contribution < -0.4 is 16.0 Å². The molecule has 0 aliphatic carbocycles. The fraction of sp³-hybridized carbons (Fsp3) is 0.381. The van der Waals surface area contributed by atoms with Crippen molar-refractivity contribution >= 4 is 16.8 Å². The fourth-order valence-corrected chi connectivity index (χ4v) is 3.83. The van der Waals surface area contributed by atoms with Gasteiger partial charge in [0, 0.05) is 44.0 Å². The monoisotopic (exact) mass is 395 g/mol. The third-order valence-electron chi connectivity index (χ3n) is 5.45. The third kappa shape index (κ3) is 4.17. The second-order valence-corrected chi connectivity index (χ2v) is 7.45. The molecule has 152 valence electrons. The van der Waals surface area contributed by atoms with Crippen LogP contribution in [0, 0.1) is 0 Å². The van der Waals surface area contributed by atoms with E-state index in [0.29, 0.717) is 6.54 Å². The van der Waals surface area contributed by atoms with E-state index < -0.39 is 0 Å². The number of amides is 1. The molecule has 0 saturated carbocycles. The van der Waals surface area contributed by atoms with Gasteiger partial charge in [-0.15, -0.1) is 0 Å². The lowest BCUT2D eigenvalue weighted by Crippen LogP contribution is -2.39. The van der Waals surface area contributed by atoms with Gasteiger partial charge in [0.2, 0.25) is 5.91 Å². The second-order valence-electron chi connectivity index (χ2n) is 7.45. The lowest BCUT2D eigenvalue weighted by Gasteiger charge is -2.32. The van der Waals surface area contributed by atoms with Crippen LogP contribution in [0.2, 0.25) is 0 Å². The quantitative estimate of drug-likeness (QED) is 0.678. The van der Waals surface area contributed by atoms with E-state index in [9.17, 15) is 9.59 Å². The summed E-state index contributed by atoms with van der Waals surface area (Å²) >= 11 is 0. The van der Waals surface area contributed by atoms with Crippen molar-refractivity contribution in [2.75, 3.05) is 13.1 Å². The zero-order chi connectivity index (χ0) is 20.4. The first-order valence-corrected chi connectivity index (χ1v) is 9.77. The van der Waals surface area contributed by atoms with Gasteiger partial charge in [-0.2, -0.15) is 0 Å². The Hall–Kier alpha value is -3.13. The highest BCUT2D eigenvalue weighted by Crippen LogP contribution is 2.29. The van der Waals surface area contributed by atoms with Crippen LogP contribution >= 0.6 is 0 Å². The molecule has 1 saturated heterocycles.